The Bertz CT molecular complexity index is 533. The highest BCUT2D eigenvalue weighted by molar-refractivity contribution is 5.94. The first-order valence-corrected chi connectivity index (χ1v) is 8.71. The molecular weight excluding hydrogens is 274 g/mol. The van der Waals surface area contributed by atoms with E-state index in [-0.39, 0.29) is 5.91 Å². The average Bonchev–Trinajstić information content (AvgIpc) is 3.31. The van der Waals surface area contributed by atoms with Gasteiger partial charge in [-0.15, -0.1) is 0 Å². The number of carbonyl (C=O) groups is 1. The number of pyridine rings is 1. The summed E-state index contributed by atoms with van der Waals surface area (Å²) in [6.07, 6.45) is 11.2. The number of amides is 1. The molecule has 0 radical (unpaired) electrons. The van der Waals surface area contributed by atoms with Gasteiger partial charge >= 0.3 is 0 Å². The Balaban J connectivity index is 1.40. The van der Waals surface area contributed by atoms with Crippen molar-refractivity contribution in [3.8, 4) is 0 Å². The van der Waals surface area contributed by atoms with Crippen LogP contribution < -0.4 is 0 Å². The van der Waals surface area contributed by atoms with E-state index in [0.717, 1.165) is 37.4 Å². The Kier molecular flexibility index (Phi) is 3.65. The highest BCUT2D eigenvalue weighted by atomic mass is 16.2. The van der Waals surface area contributed by atoms with Crippen molar-refractivity contribution >= 4 is 5.91 Å². The lowest BCUT2D eigenvalue weighted by atomic mass is 9.84. The van der Waals surface area contributed by atoms with Crippen LogP contribution in [0.2, 0.25) is 0 Å². The van der Waals surface area contributed by atoms with Crippen LogP contribution in [0.5, 0.6) is 0 Å². The molecule has 22 heavy (non-hydrogen) atoms. The van der Waals surface area contributed by atoms with E-state index in [0.29, 0.717) is 5.54 Å². The van der Waals surface area contributed by atoms with E-state index in [1.165, 1.54) is 38.8 Å². The lowest BCUT2D eigenvalue weighted by molar-refractivity contribution is 0.0396. The summed E-state index contributed by atoms with van der Waals surface area (Å²) in [5.41, 5.74) is 1.17. The summed E-state index contributed by atoms with van der Waals surface area (Å²) in [5, 5.41) is 0. The van der Waals surface area contributed by atoms with Crippen molar-refractivity contribution < 1.29 is 4.79 Å². The van der Waals surface area contributed by atoms with Crippen LogP contribution in [0.3, 0.4) is 0 Å². The number of hydrogen-bond acceptors (Lipinski definition) is 3. The fourth-order valence-electron chi connectivity index (χ4n) is 4.26. The third-order valence-electron chi connectivity index (χ3n) is 5.83. The Morgan fingerprint density at radius 3 is 2.55 bits per heavy atom. The minimum Gasteiger partial charge on any atom is -0.339 e. The number of likely N-dealkylation sites (tertiary alicyclic amines) is 2. The van der Waals surface area contributed by atoms with Crippen LogP contribution >= 0.6 is 0 Å². The fourth-order valence-corrected chi connectivity index (χ4v) is 4.26. The molecule has 2 saturated heterocycles. The second-order valence-corrected chi connectivity index (χ2v) is 7.25. The highest BCUT2D eigenvalue weighted by Gasteiger charge is 2.45. The summed E-state index contributed by atoms with van der Waals surface area (Å²) in [7, 11) is 0. The maximum absolute atomic E-state index is 12.6. The van der Waals surface area contributed by atoms with Gasteiger partial charge in [-0.3, -0.25) is 14.7 Å². The number of nitrogens with zero attached hydrogens (tertiary/aromatic N) is 3. The van der Waals surface area contributed by atoms with Gasteiger partial charge < -0.3 is 4.90 Å². The highest BCUT2D eigenvalue weighted by Crippen LogP contribution is 2.41. The van der Waals surface area contributed by atoms with Gasteiger partial charge in [0.25, 0.3) is 5.91 Å². The molecule has 2 aliphatic heterocycles. The third kappa shape index (κ3) is 2.65. The van der Waals surface area contributed by atoms with Gasteiger partial charge in [0.2, 0.25) is 0 Å². The largest absolute Gasteiger partial charge is 0.339 e. The van der Waals surface area contributed by atoms with Gasteiger partial charge in [-0.25, -0.2) is 0 Å². The number of aromatic nitrogens is 1. The smallest absolute Gasteiger partial charge is 0.253 e. The number of hydrogen-bond donors (Lipinski definition) is 0. The Morgan fingerprint density at radius 1 is 1.14 bits per heavy atom. The standard InChI is InChI=1S/C18H25N3O/c22-17(16-4-9-19-10-5-16)20-12-7-18(8-13-20)6-1-11-21(18)14-15-2-3-15/h4-5,9-10,15H,1-3,6-8,11-14H2. The van der Waals surface area contributed by atoms with Gasteiger partial charge in [0.05, 0.1) is 0 Å². The first-order valence-electron chi connectivity index (χ1n) is 8.71. The molecule has 1 amide bonds. The number of rotatable bonds is 3. The van der Waals surface area contributed by atoms with E-state index >= 15 is 0 Å². The summed E-state index contributed by atoms with van der Waals surface area (Å²) in [6.45, 7) is 4.39. The summed E-state index contributed by atoms with van der Waals surface area (Å²) >= 11 is 0. The van der Waals surface area contributed by atoms with Crippen LogP contribution in [-0.4, -0.2) is 52.4 Å². The molecule has 1 spiro atoms. The molecule has 1 aliphatic carbocycles. The Morgan fingerprint density at radius 2 is 1.86 bits per heavy atom. The quantitative estimate of drug-likeness (QED) is 0.860. The topological polar surface area (TPSA) is 36.4 Å². The molecule has 0 N–H and O–H groups in total. The van der Waals surface area contributed by atoms with Crippen LogP contribution in [0.15, 0.2) is 24.5 Å². The maximum Gasteiger partial charge on any atom is 0.253 e. The van der Waals surface area contributed by atoms with Gasteiger partial charge in [0, 0.05) is 43.1 Å². The molecule has 4 heteroatoms. The number of carbonyl (C=O) groups excluding carboxylic acids is 1. The zero-order valence-electron chi connectivity index (χ0n) is 13.2. The van der Waals surface area contributed by atoms with Crippen LogP contribution in [0.4, 0.5) is 0 Å². The van der Waals surface area contributed by atoms with E-state index in [2.05, 4.69) is 9.88 Å². The third-order valence-corrected chi connectivity index (χ3v) is 5.83. The van der Waals surface area contributed by atoms with Gasteiger partial charge in [0.1, 0.15) is 0 Å². The summed E-state index contributed by atoms with van der Waals surface area (Å²) in [4.78, 5) is 21.4. The molecule has 0 unspecified atom stereocenters. The van der Waals surface area contributed by atoms with E-state index < -0.39 is 0 Å². The lowest BCUT2D eigenvalue weighted by Crippen LogP contribution is -2.53. The number of piperidine rings is 1. The molecule has 0 atom stereocenters. The molecule has 3 heterocycles. The first kappa shape index (κ1) is 14.2. The van der Waals surface area contributed by atoms with Gasteiger partial charge in [-0.05, 0) is 63.1 Å². The molecule has 1 aromatic heterocycles. The Labute approximate surface area is 132 Å². The molecule has 4 rings (SSSR count). The van der Waals surface area contributed by atoms with Gasteiger partial charge in [-0.2, -0.15) is 0 Å². The monoisotopic (exact) mass is 299 g/mol. The van der Waals surface area contributed by atoms with Gasteiger partial charge in [-0.1, -0.05) is 0 Å². The van der Waals surface area contributed by atoms with Crippen molar-refractivity contribution in [1.29, 1.82) is 0 Å². The summed E-state index contributed by atoms with van der Waals surface area (Å²) in [6, 6.07) is 3.64. The first-order chi connectivity index (χ1) is 10.8. The van der Waals surface area contributed by atoms with Crippen LogP contribution in [0.25, 0.3) is 0 Å². The summed E-state index contributed by atoms with van der Waals surface area (Å²) < 4.78 is 0. The van der Waals surface area contributed by atoms with Crippen molar-refractivity contribution in [3.05, 3.63) is 30.1 Å². The molecule has 0 bridgehead atoms. The van der Waals surface area contributed by atoms with Crippen molar-refractivity contribution in [3.63, 3.8) is 0 Å². The normalized spacial score (nSPS) is 24.8. The lowest BCUT2D eigenvalue weighted by Gasteiger charge is -2.45. The van der Waals surface area contributed by atoms with Crippen LogP contribution in [0.1, 0.15) is 48.9 Å². The average molecular weight is 299 g/mol. The molecule has 118 valence electrons. The van der Waals surface area contributed by atoms with E-state index in [1.54, 1.807) is 12.4 Å². The van der Waals surface area contributed by atoms with Crippen molar-refractivity contribution in [2.75, 3.05) is 26.2 Å². The molecule has 1 aromatic rings. The molecule has 4 nitrogen and oxygen atoms in total. The van der Waals surface area contributed by atoms with Crippen molar-refractivity contribution in [1.82, 2.24) is 14.8 Å². The molecule has 3 fully saturated rings. The van der Waals surface area contributed by atoms with Crippen LogP contribution in [0, 0.1) is 5.92 Å². The van der Waals surface area contributed by atoms with Crippen molar-refractivity contribution in [2.45, 2.75) is 44.1 Å². The maximum atomic E-state index is 12.6. The van der Waals surface area contributed by atoms with Crippen molar-refractivity contribution in [2.24, 2.45) is 5.92 Å². The van der Waals surface area contributed by atoms with Crippen LogP contribution in [-0.2, 0) is 0 Å². The molecule has 1 saturated carbocycles. The van der Waals surface area contributed by atoms with E-state index in [1.807, 2.05) is 17.0 Å². The Hall–Kier alpha value is -1.42. The predicted octanol–water partition coefficient (Wildman–Crippen LogP) is 2.56. The summed E-state index contributed by atoms with van der Waals surface area (Å²) in [5.74, 6) is 1.13. The molecule has 3 aliphatic rings. The zero-order valence-corrected chi connectivity index (χ0v) is 13.2. The zero-order chi connectivity index (χ0) is 15.0. The second kappa shape index (κ2) is 5.65. The minimum atomic E-state index is 0.170. The molecular formula is C18H25N3O. The SMILES string of the molecule is O=C(c1ccncc1)N1CCC2(CCCN2CC2CC2)CC1. The van der Waals surface area contributed by atoms with E-state index in [4.69, 9.17) is 0 Å². The minimum absolute atomic E-state index is 0.170. The predicted molar refractivity (Wildman–Crippen MR) is 85.6 cm³/mol. The van der Waals surface area contributed by atoms with Gasteiger partial charge in [0.15, 0.2) is 0 Å². The van der Waals surface area contributed by atoms with E-state index in [9.17, 15) is 4.79 Å². The second-order valence-electron chi connectivity index (χ2n) is 7.25. The molecule has 0 aromatic carbocycles. The fraction of sp³-hybridized carbons (Fsp3) is 0.667.